The van der Waals surface area contributed by atoms with Crippen LogP contribution in [0.5, 0.6) is 0 Å². The lowest BCUT2D eigenvalue weighted by Gasteiger charge is -2.26. The number of rotatable bonds is 0. The third-order valence-corrected chi connectivity index (χ3v) is 1.93. The van der Waals surface area contributed by atoms with Crippen LogP contribution in [-0.4, -0.2) is 47.0 Å². The number of amides is 1. The Kier molecular flexibility index (Phi) is 2.27. The lowest BCUT2D eigenvalue weighted by Crippen LogP contribution is -2.43. The Balaban J connectivity index is 2.04. The average Bonchev–Trinajstić information content (AvgIpc) is 2.71. The molecule has 1 aromatic heterocycles. The fourth-order valence-electron chi connectivity index (χ4n) is 1.24. The van der Waals surface area contributed by atoms with Gasteiger partial charge in [-0.1, -0.05) is 0 Å². The normalized spacial score (nSPS) is 17.4. The summed E-state index contributed by atoms with van der Waals surface area (Å²) in [6.45, 7) is 2.49. The Hall–Kier alpha value is -1.36. The van der Waals surface area contributed by atoms with E-state index in [9.17, 15) is 4.79 Å². The fraction of sp³-hybridized carbons (Fsp3) is 0.500. The van der Waals surface area contributed by atoms with E-state index >= 15 is 0 Å². The lowest BCUT2D eigenvalue weighted by molar-refractivity contribution is 0.0528. The minimum atomic E-state index is -0.107. The molecule has 1 aliphatic heterocycles. The van der Waals surface area contributed by atoms with Crippen LogP contribution in [0.1, 0.15) is 0 Å². The SMILES string of the molecule is O=C(N1CCOCC1)n1c[c]cn1. The molecular formula is C8H10N3O2. The Morgan fingerprint density at radius 1 is 1.46 bits per heavy atom. The van der Waals surface area contributed by atoms with Gasteiger partial charge in [0.2, 0.25) is 0 Å². The monoisotopic (exact) mass is 180 g/mol. The van der Waals surface area contributed by atoms with Crippen molar-refractivity contribution in [2.45, 2.75) is 0 Å². The molecular weight excluding hydrogens is 170 g/mol. The van der Waals surface area contributed by atoms with Crippen LogP contribution in [0.15, 0.2) is 12.4 Å². The first kappa shape index (κ1) is 8.25. The number of hydrogen-bond donors (Lipinski definition) is 0. The summed E-state index contributed by atoms with van der Waals surface area (Å²) >= 11 is 0. The number of morpholine rings is 1. The number of carbonyl (C=O) groups excluding carboxylic acids is 1. The lowest BCUT2D eigenvalue weighted by atomic mass is 10.4. The van der Waals surface area contributed by atoms with E-state index in [-0.39, 0.29) is 6.03 Å². The molecule has 1 aromatic rings. The first-order valence-electron chi connectivity index (χ1n) is 4.15. The summed E-state index contributed by atoms with van der Waals surface area (Å²) in [7, 11) is 0. The van der Waals surface area contributed by atoms with Crippen LogP contribution in [0.2, 0.25) is 0 Å². The largest absolute Gasteiger partial charge is 0.378 e. The first-order valence-corrected chi connectivity index (χ1v) is 4.15. The van der Waals surface area contributed by atoms with E-state index in [4.69, 9.17) is 4.74 Å². The Morgan fingerprint density at radius 3 is 2.85 bits per heavy atom. The predicted octanol–water partition coefficient (Wildman–Crippen LogP) is -0.0164. The Labute approximate surface area is 75.9 Å². The van der Waals surface area contributed by atoms with Gasteiger partial charge in [-0.3, -0.25) is 0 Å². The quantitative estimate of drug-likeness (QED) is 0.564. The van der Waals surface area contributed by atoms with Crippen LogP contribution < -0.4 is 0 Å². The minimum Gasteiger partial charge on any atom is -0.378 e. The molecule has 0 bridgehead atoms. The summed E-state index contributed by atoms with van der Waals surface area (Å²) in [6.07, 6.45) is 3.00. The van der Waals surface area contributed by atoms with Gasteiger partial charge in [0, 0.05) is 25.4 Å². The van der Waals surface area contributed by atoms with Gasteiger partial charge >= 0.3 is 6.03 Å². The molecule has 1 fully saturated rings. The maximum absolute atomic E-state index is 11.6. The van der Waals surface area contributed by atoms with Crippen molar-refractivity contribution >= 4 is 6.03 Å². The van der Waals surface area contributed by atoms with Gasteiger partial charge in [-0.15, -0.1) is 0 Å². The van der Waals surface area contributed by atoms with Gasteiger partial charge in [0.05, 0.1) is 19.4 Å². The van der Waals surface area contributed by atoms with Crippen LogP contribution in [0.4, 0.5) is 4.79 Å². The van der Waals surface area contributed by atoms with Crippen LogP contribution >= 0.6 is 0 Å². The maximum Gasteiger partial charge on any atom is 0.344 e. The second-order valence-electron chi connectivity index (χ2n) is 2.77. The van der Waals surface area contributed by atoms with Crippen molar-refractivity contribution in [3.8, 4) is 0 Å². The highest BCUT2D eigenvalue weighted by Crippen LogP contribution is 1.99. The van der Waals surface area contributed by atoms with Crippen molar-refractivity contribution in [3.05, 3.63) is 18.5 Å². The zero-order valence-corrected chi connectivity index (χ0v) is 7.14. The van der Waals surface area contributed by atoms with Gasteiger partial charge in [-0.25, -0.2) is 4.79 Å². The summed E-state index contributed by atoms with van der Waals surface area (Å²) in [6, 6.07) is 2.62. The molecule has 0 spiro atoms. The van der Waals surface area contributed by atoms with E-state index in [0.717, 1.165) is 0 Å². The van der Waals surface area contributed by atoms with Gasteiger partial charge in [-0.2, -0.15) is 9.78 Å². The standard InChI is InChI=1S/C8H10N3O2/c12-8(11-3-1-2-9-11)10-4-6-13-7-5-10/h2-3H,4-7H2. The third-order valence-electron chi connectivity index (χ3n) is 1.93. The molecule has 5 nitrogen and oxygen atoms in total. The van der Waals surface area contributed by atoms with E-state index in [1.165, 1.54) is 17.1 Å². The first-order chi connectivity index (χ1) is 6.38. The summed E-state index contributed by atoms with van der Waals surface area (Å²) in [4.78, 5) is 13.3. The number of ether oxygens (including phenoxy) is 1. The molecule has 0 atom stereocenters. The van der Waals surface area contributed by atoms with Gasteiger partial charge in [0.25, 0.3) is 0 Å². The van der Waals surface area contributed by atoms with Crippen molar-refractivity contribution in [1.82, 2.24) is 14.7 Å². The van der Waals surface area contributed by atoms with Gasteiger partial charge in [0.15, 0.2) is 0 Å². The highest BCUT2D eigenvalue weighted by Gasteiger charge is 2.17. The minimum absolute atomic E-state index is 0.107. The number of hydrogen-bond acceptors (Lipinski definition) is 3. The maximum atomic E-state index is 11.6. The molecule has 69 valence electrons. The highest BCUT2D eigenvalue weighted by molar-refractivity contribution is 5.75. The molecule has 2 rings (SSSR count). The van der Waals surface area contributed by atoms with Crippen LogP contribution in [0.3, 0.4) is 0 Å². The van der Waals surface area contributed by atoms with Crippen molar-refractivity contribution in [2.75, 3.05) is 26.3 Å². The second-order valence-corrected chi connectivity index (χ2v) is 2.77. The predicted molar refractivity (Wildman–Crippen MR) is 44.2 cm³/mol. The van der Waals surface area contributed by atoms with Crippen molar-refractivity contribution in [2.24, 2.45) is 0 Å². The zero-order valence-electron chi connectivity index (χ0n) is 7.14. The third kappa shape index (κ3) is 1.70. The molecule has 0 aromatic carbocycles. The van der Waals surface area contributed by atoms with E-state index in [2.05, 4.69) is 11.2 Å². The summed E-state index contributed by atoms with van der Waals surface area (Å²) < 4.78 is 6.42. The summed E-state index contributed by atoms with van der Waals surface area (Å²) in [5, 5.41) is 3.82. The van der Waals surface area contributed by atoms with Crippen LogP contribution in [0, 0.1) is 6.07 Å². The van der Waals surface area contributed by atoms with E-state index < -0.39 is 0 Å². The van der Waals surface area contributed by atoms with Crippen LogP contribution in [0.25, 0.3) is 0 Å². The van der Waals surface area contributed by atoms with Gasteiger partial charge < -0.3 is 9.64 Å². The number of aromatic nitrogens is 2. The topological polar surface area (TPSA) is 47.4 Å². The molecule has 1 amide bonds. The highest BCUT2D eigenvalue weighted by atomic mass is 16.5. The Morgan fingerprint density at radius 2 is 2.23 bits per heavy atom. The number of carbonyl (C=O) groups is 1. The Bertz CT molecular complexity index is 278. The smallest absolute Gasteiger partial charge is 0.344 e. The molecule has 0 aliphatic carbocycles. The zero-order chi connectivity index (χ0) is 9.10. The molecule has 5 heteroatoms. The van der Waals surface area contributed by atoms with Crippen molar-refractivity contribution < 1.29 is 9.53 Å². The van der Waals surface area contributed by atoms with Crippen molar-refractivity contribution in [1.29, 1.82) is 0 Å². The molecule has 0 saturated carbocycles. The number of nitrogens with zero attached hydrogens (tertiary/aromatic N) is 3. The van der Waals surface area contributed by atoms with Gasteiger partial charge in [0.1, 0.15) is 0 Å². The van der Waals surface area contributed by atoms with Crippen LogP contribution in [-0.2, 0) is 4.74 Å². The molecule has 2 heterocycles. The molecule has 1 radical (unpaired) electrons. The molecule has 1 saturated heterocycles. The van der Waals surface area contributed by atoms with E-state index in [1.807, 2.05) is 0 Å². The molecule has 1 aliphatic rings. The average molecular weight is 180 g/mol. The molecule has 0 unspecified atom stereocenters. The van der Waals surface area contributed by atoms with E-state index in [1.54, 1.807) is 4.90 Å². The fourth-order valence-corrected chi connectivity index (χ4v) is 1.24. The summed E-state index contributed by atoms with van der Waals surface area (Å²) in [5.74, 6) is 0. The molecule has 13 heavy (non-hydrogen) atoms. The second kappa shape index (κ2) is 3.57. The van der Waals surface area contributed by atoms with Crippen molar-refractivity contribution in [3.63, 3.8) is 0 Å². The van der Waals surface area contributed by atoms with Gasteiger partial charge in [-0.05, 0) is 0 Å². The summed E-state index contributed by atoms with van der Waals surface area (Å²) in [5.41, 5.74) is 0. The molecule has 0 N–H and O–H groups in total. The van der Waals surface area contributed by atoms with E-state index in [0.29, 0.717) is 26.3 Å².